The summed E-state index contributed by atoms with van der Waals surface area (Å²) in [6.45, 7) is 5.40. The summed E-state index contributed by atoms with van der Waals surface area (Å²) in [5.74, 6) is 1.53. The summed E-state index contributed by atoms with van der Waals surface area (Å²) < 4.78 is 7.66. The highest BCUT2D eigenvalue weighted by atomic mass is 16.5. The van der Waals surface area contributed by atoms with Crippen LogP contribution in [0.5, 0.6) is 5.75 Å². The van der Waals surface area contributed by atoms with Gasteiger partial charge in [0.1, 0.15) is 12.1 Å². The van der Waals surface area contributed by atoms with E-state index in [4.69, 9.17) is 4.74 Å². The van der Waals surface area contributed by atoms with Crippen molar-refractivity contribution < 1.29 is 9.53 Å². The van der Waals surface area contributed by atoms with Crippen molar-refractivity contribution in [1.29, 1.82) is 0 Å². The molecule has 2 heterocycles. The minimum Gasteiger partial charge on any atom is -0.491 e. The second-order valence-electron chi connectivity index (χ2n) is 6.43. The van der Waals surface area contributed by atoms with Crippen LogP contribution in [0.2, 0.25) is 0 Å². The molecule has 0 aliphatic carbocycles. The van der Waals surface area contributed by atoms with Crippen molar-refractivity contribution in [2.75, 3.05) is 18.5 Å². The van der Waals surface area contributed by atoms with E-state index in [0.717, 1.165) is 30.7 Å². The van der Waals surface area contributed by atoms with Gasteiger partial charge >= 0.3 is 6.03 Å². The van der Waals surface area contributed by atoms with Crippen LogP contribution in [-0.4, -0.2) is 38.8 Å². The third-order valence-electron chi connectivity index (χ3n) is 4.40. The lowest BCUT2D eigenvalue weighted by Gasteiger charge is -2.24. The fourth-order valence-corrected chi connectivity index (χ4v) is 3.12. The van der Waals surface area contributed by atoms with Gasteiger partial charge in [0.05, 0.1) is 18.3 Å². The number of nitrogens with one attached hydrogen (secondary N) is 1. The summed E-state index contributed by atoms with van der Waals surface area (Å²) >= 11 is 0. The highest BCUT2D eigenvalue weighted by Crippen LogP contribution is 2.32. The maximum absolute atomic E-state index is 12.8. The van der Waals surface area contributed by atoms with Gasteiger partial charge in [0.2, 0.25) is 0 Å². The smallest absolute Gasteiger partial charge is 0.322 e. The SMILES string of the molecule is CCCOc1cc(C)ccc1NC(=O)N1CCC[C@H]1c1nncn1C. The van der Waals surface area contributed by atoms with Crippen LogP contribution in [0.1, 0.15) is 43.6 Å². The molecule has 3 rings (SSSR count). The number of carbonyl (C=O) groups is 1. The third kappa shape index (κ3) is 3.75. The van der Waals surface area contributed by atoms with E-state index in [9.17, 15) is 4.79 Å². The highest BCUT2D eigenvalue weighted by Gasteiger charge is 2.33. The largest absolute Gasteiger partial charge is 0.491 e. The molecule has 2 amide bonds. The first kappa shape index (κ1) is 17.3. The van der Waals surface area contributed by atoms with Gasteiger partial charge in [0.15, 0.2) is 5.82 Å². The lowest BCUT2D eigenvalue weighted by atomic mass is 10.2. The summed E-state index contributed by atoms with van der Waals surface area (Å²) in [6, 6.07) is 5.65. The first-order valence-corrected chi connectivity index (χ1v) is 8.75. The van der Waals surface area contributed by atoms with Crippen LogP contribution in [0.3, 0.4) is 0 Å². The number of urea groups is 1. The number of carbonyl (C=O) groups excluding carboxylic acids is 1. The normalized spacial score (nSPS) is 16.9. The van der Waals surface area contributed by atoms with E-state index < -0.39 is 0 Å². The first-order valence-electron chi connectivity index (χ1n) is 8.75. The van der Waals surface area contributed by atoms with Crippen LogP contribution >= 0.6 is 0 Å². The number of benzene rings is 1. The number of amides is 2. The lowest BCUT2D eigenvalue weighted by molar-refractivity contribution is 0.204. The molecule has 25 heavy (non-hydrogen) atoms. The van der Waals surface area contributed by atoms with E-state index in [-0.39, 0.29) is 12.1 Å². The lowest BCUT2D eigenvalue weighted by Crippen LogP contribution is -2.35. The van der Waals surface area contributed by atoms with Gasteiger partial charge in [-0.15, -0.1) is 10.2 Å². The van der Waals surface area contributed by atoms with Crippen molar-refractivity contribution in [3.63, 3.8) is 0 Å². The van der Waals surface area contributed by atoms with E-state index in [2.05, 4.69) is 22.4 Å². The van der Waals surface area contributed by atoms with Crippen LogP contribution in [0.15, 0.2) is 24.5 Å². The van der Waals surface area contributed by atoms with Crippen LogP contribution in [-0.2, 0) is 7.05 Å². The van der Waals surface area contributed by atoms with Crippen molar-refractivity contribution in [3.05, 3.63) is 35.9 Å². The molecule has 0 unspecified atom stereocenters. The Bertz CT molecular complexity index is 743. The average molecular weight is 343 g/mol. The minimum atomic E-state index is -0.129. The molecular formula is C18H25N5O2. The number of hydrogen-bond donors (Lipinski definition) is 1. The van der Waals surface area contributed by atoms with Crippen LogP contribution in [0.4, 0.5) is 10.5 Å². The number of anilines is 1. The van der Waals surface area contributed by atoms with Crippen LogP contribution in [0.25, 0.3) is 0 Å². The van der Waals surface area contributed by atoms with Gasteiger partial charge < -0.3 is 19.5 Å². The standard InChI is InChI=1S/C18H25N5O2/c1-4-10-25-16-11-13(2)7-8-14(16)20-18(24)23-9-5-6-15(23)17-21-19-12-22(17)3/h7-8,11-12,15H,4-6,9-10H2,1-3H3,(H,20,24)/t15-/m0/s1. The van der Waals surface area contributed by atoms with Gasteiger partial charge in [-0.25, -0.2) is 4.79 Å². The van der Waals surface area contributed by atoms with E-state index in [1.54, 1.807) is 6.33 Å². The van der Waals surface area contributed by atoms with Crippen LogP contribution < -0.4 is 10.1 Å². The van der Waals surface area contributed by atoms with Gasteiger partial charge in [0, 0.05) is 13.6 Å². The van der Waals surface area contributed by atoms with Gasteiger partial charge in [-0.05, 0) is 43.9 Å². The van der Waals surface area contributed by atoms with Gasteiger partial charge in [0.25, 0.3) is 0 Å². The van der Waals surface area contributed by atoms with Crippen molar-refractivity contribution in [2.45, 2.75) is 39.2 Å². The summed E-state index contributed by atoms with van der Waals surface area (Å²) in [7, 11) is 1.90. The van der Waals surface area contributed by atoms with E-state index >= 15 is 0 Å². The van der Waals surface area contributed by atoms with Gasteiger partial charge in [-0.2, -0.15) is 0 Å². The maximum atomic E-state index is 12.8. The molecule has 1 aliphatic heterocycles. The van der Waals surface area contributed by atoms with E-state index in [0.29, 0.717) is 24.6 Å². The summed E-state index contributed by atoms with van der Waals surface area (Å²) in [4.78, 5) is 14.7. The van der Waals surface area contributed by atoms with Crippen molar-refractivity contribution in [1.82, 2.24) is 19.7 Å². The quantitative estimate of drug-likeness (QED) is 0.904. The Morgan fingerprint density at radius 2 is 2.28 bits per heavy atom. The number of ether oxygens (including phenoxy) is 1. The molecule has 1 aliphatic rings. The molecule has 0 radical (unpaired) electrons. The Morgan fingerprint density at radius 1 is 1.44 bits per heavy atom. The fraction of sp³-hybridized carbons (Fsp3) is 0.500. The minimum absolute atomic E-state index is 0.0436. The zero-order valence-corrected chi connectivity index (χ0v) is 15.0. The Hall–Kier alpha value is -2.57. The summed E-state index contributed by atoms with van der Waals surface area (Å²) in [6.07, 6.45) is 4.44. The topological polar surface area (TPSA) is 72.3 Å². The average Bonchev–Trinajstić information content (AvgIpc) is 3.23. The molecule has 1 fully saturated rings. The maximum Gasteiger partial charge on any atom is 0.322 e. The molecule has 1 aromatic carbocycles. The summed E-state index contributed by atoms with van der Waals surface area (Å²) in [5, 5.41) is 11.1. The second-order valence-corrected chi connectivity index (χ2v) is 6.43. The molecule has 1 aromatic heterocycles. The number of nitrogens with zero attached hydrogens (tertiary/aromatic N) is 4. The fourth-order valence-electron chi connectivity index (χ4n) is 3.12. The van der Waals surface area contributed by atoms with E-state index in [1.807, 2.05) is 41.6 Å². The molecule has 0 saturated carbocycles. The Morgan fingerprint density at radius 3 is 3.00 bits per heavy atom. The van der Waals surface area contributed by atoms with E-state index in [1.165, 1.54) is 0 Å². The van der Waals surface area contributed by atoms with Gasteiger partial charge in [-0.1, -0.05) is 13.0 Å². The molecule has 0 bridgehead atoms. The number of aromatic nitrogens is 3. The zero-order valence-electron chi connectivity index (χ0n) is 15.0. The summed E-state index contributed by atoms with van der Waals surface area (Å²) in [5.41, 5.74) is 1.80. The van der Waals surface area contributed by atoms with Crippen molar-refractivity contribution in [3.8, 4) is 5.75 Å². The molecule has 1 atom stereocenters. The molecule has 1 N–H and O–H groups in total. The Balaban J connectivity index is 1.77. The van der Waals surface area contributed by atoms with Crippen molar-refractivity contribution in [2.24, 2.45) is 7.05 Å². The Labute approximate surface area is 148 Å². The molecular weight excluding hydrogens is 318 g/mol. The molecule has 1 saturated heterocycles. The molecule has 2 aromatic rings. The zero-order chi connectivity index (χ0) is 17.8. The number of likely N-dealkylation sites (tertiary alicyclic amines) is 1. The monoisotopic (exact) mass is 343 g/mol. The predicted molar refractivity (Wildman–Crippen MR) is 95.7 cm³/mol. The van der Waals surface area contributed by atoms with Crippen molar-refractivity contribution >= 4 is 11.7 Å². The highest BCUT2D eigenvalue weighted by molar-refractivity contribution is 5.91. The molecule has 134 valence electrons. The second kappa shape index (κ2) is 7.55. The number of hydrogen-bond acceptors (Lipinski definition) is 4. The number of rotatable bonds is 5. The molecule has 7 heteroatoms. The molecule has 7 nitrogen and oxygen atoms in total. The molecule has 0 spiro atoms. The Kier molecular flexibility index (Phi) is 5.21. The number of aryl methyl sites for hydroxylation is 2. The predicted octanol–water partition coefficient (Wildman–Crippen LogP) is 3.28. The van der Waals surface area contributed by atoms with Gasteiger partial charge in [-0.3, -0.25) is 0 Å². The first-order chi connectivity index (χ1) is 12.1. The third-order valence-corrected chi connectivity index (χ3v) is 4.40. The van der Waals surface area contributed by atoms with Crippen LogP contribution in [0, 0.1) is 6.92 Å².